The Labute approximate surface area is 180 Å². The number of aromatic nitrogens is 4. The Hall–Kier alpha value is -3.37. The van der Waals surface area contributed by atoms with Crippen LogP contribution in [0.2, 0.25) is 0 Å². The third-order valence-corrected chi connectivity index (χ3v) is 6.66. The molecule has 1 unspecified atom stereocenters. The second kappa shape index (κ2) is 8.05. The molecule has 4 N–H and O–H groups in total. The predicted octanol–water partition coefficient (Wildman–Crippen LogP) is 3.00. The first-order valence-electron chi connectivity index (χ1n) is 9.84. The van der Waals surface area contributed by atoms with E-state index < -0.39 is 16.6 Å². The van der Waals surface area contributed by atoms with Gasteiger partial charge in [0, 0.05) is 34.8 Å². The molecule has 0 amide bonds. The maximum absolute atomic E-state index is 14.8. The number of nitrogens with one attached hydrogen (secondary N) is 2. The quantitative estimate of drug-likeness (QED) is 0.425. The van der Waals surface area contributed by atoms with Gasteiger partial charge in [0.15, 0.2) is 11.6 Å². The molecular weight excluding hydrogens is 417 g/mol. The topological polar surface area (TPSA) is 113 Å². The van der Waals surface area contributed by atoms with Crippen LogP contribution in [0.1, 0.15) is 5.56 Å². The smallest absolute Gasteiger partial charge is 0.229 e. The molecule has 10 heteroatoms. The monoisotopic (exact) mass is 437 g/mol. The van der Waals surface area contributed by atoms with Crippen LogP contribution in [-0.4, -0.2) is 43.2 Å². The number of aromatic amines is 1. The first-order valence-corrected chi connectivity index (χ1v) is 11.2. The van der Waals surface area contributed by atoms with Crippen molar-refractivity contribution in [1.29, 1.82) is 0 Å². The Bertz CT molecular complexity index is 1290. The van der Waals surface area contributed by atoms with Crippen molar-refractivity contribution in [3.05, 3.63) is 60.2 Å². The zero-order chi connectivity index (χ0) is 21.4. The number of anilines is 4. The van der Waals surface area contributed by atoms with Gasteiger partial charge in [-0.1, -0.05) is 12.1 Å². The summed E-state index contributed by atoms with van der Waals surface area (Å²) in [5.41, 5.74) is 9.19. The van der Waals surface area contributed by atoms with E-state index in [1.54, 1.807) is 11.1 Å². The lowest BCUT2D eigenvalue weighted by molar-refractivity contribution is 0.611. The lowest BCUT2D eigenvalue weighted by atomic mass is 10.1. The van der Waals surface area contributed by atoms with Crippen LogP contribution in [0.3, 0.4) is 0 Å². The summed E-state index contributed by atoms with van der Waals surface area (Å²) >= 11 is 0. The summed E-state index contributed by atoms with van der Waals surface area (Å²) in [7, 11) is -0.990. The first-order chi connectivity index (χ1) is 15.1. The Morgan fingerprint density at radius 3 is 3.03 bits per heavy atom. The van der Waals surface area contributed by atoms with E-state index in [2.05, 4.69) is 25.5 Å². The number of hydrogen-bond donors (Lipinski definition) is 3. The van der Waals surface area contributed by atoms with E-state index in [1.165, 1.54) is 0 Å². The van der Waals surface area contributed by atoms with Gasteiger partial charge in [0.25, 0.3) is 0 Å². The third-order valence-electron chi connectivity index (χ3n) is 5.21. The van der Waals surface area contributed by atoms with Gasteiger partial charge < -0.3 is 16.0 Å². The molecule has 1 atom stereocenters. The highest BCUT2D eigenvalue weighted by molar-refractivity contribution is 7.85. The Balaban J connectivity index is 1.52. The summed E-state index contributed by atoms with van der Waals surface area (Å²) in [5.74, 6) is 0.432. The van der Waals surface area contributed by atoms with Gasteiger partial charge in [-0.3, -0.25) is 9.31 Å². The van der Waals surface area contributed by atoms with Gasteiger partial charge in [0.05, 0.1) is 34.4 Å². The lowest BCUT2D eigenvalue weighted by Gasteiger charge is -2.24. The highest BCUT2D eigenvalue weighted by Gasteiger charge is 2.21. The van der Waals surface area contributed by atoms with E-state index in [0.29, 0.717) is 24.5 Å². The minimum Gasteiger partial charge on any atom is -0.329 e. The van der Waals surface area contributed by atoms with Crippen molar-refractivity contribution in [3.8, 4) is 0 Å². The fourth-order valence-corrected chi connectivity index (χ4v) is 5.10. The second-order valence-corrected chi connectivity index (χ2v) is 8.70. The van der Waals surface area contributed by atoms with Crippen LogP contribution in [0.4, 0.5) is 27.5 Å². The van der Waals surface area contributed by atoms with Crippen LogP contribution in [0, 0.1) is 5.82 Å². The number of nitrogens with two attached hydrogens (primary N) is 1. The average Bonchev–Trinajstić information content (AvgIpc) is 3.40. The average molecular weight is 438 g/mol. The van der Waals surface area contributed by atoms with Gasteiger partial charge in [0.2, 0.25) is 5.95 Å². The SMILES string of the molecule is NCCN(c1nc(Nc2ccc3c(c2)S(=O)CC3)ncc1F)c1cccc2[nH]ncc12. The van der Waals surface area contributed by atoms with Gasteiger partial charge in [-0.15, -0.1) is 0 Å². The molecule has 5 rings (SSSR count). The van der Waals surface area contributed by atoms with Crippen molar-refractivity contribution in [2.45, 2.75) is 11.3 Å². The van der Waals surface area contributed by atoms with Crippen molar-refractivity contribution < 1.29 is 8.60 Å². The molecule has 0 radical (unpaired) electrons. The molecule has 2 aromatic carbocycles. The highest BCUT2D eigenvalue weighted by atomic mass is 32.2. The minimum absolute atomic E-state index is 0.112. The molecule has 3 heterocycles. The van der Waals surface area contributed by atoms with Gasteiger partial charge in [-0.25, -0.2) is 9.37 Å². The number of nitrogens with zero attached hydrogens (tertiary/aromatic N) is 4. The summed E-state index contributed by atoms with van der Waals surface area (Å²) < 4.78 is 27.0. The van der Waals surface area contributed by atoms with E-state index in [9.17, 15) is 8.60 Å². The minimum atomic E-state index is -0.990. The fourth-order valence-electron chi connectivity index (χ4n) is 3.76. The number of fused-ring (bicyclic) bond motifs is 2. The molecule has 0 spiro atoms. The van der Waals surface area contributed by atoms with Crippen LogP contribution in [-0.2, 0) is 17.2 Å². The maximum Gasteiger partial charge on any atom is 0.229 e. The van der Waals surface area contributed by atoms with E-state index in [4.69, 9.17) is 5.73 Å². The Morgan fingerprint density at radius 1 is 1.26 bits per heavy atom. The maximum atomic E-state index is 14.8. The van der Waals surface area contributed by atoms with E-state index in [-0.39, 0.29) is 11.8 Å². The number of halogens is 1. The molecule has 1 aliphatic heterocycles. The number of hydrogen-bond acceptors (Lipinski definition) is 7. The standard InChI is InChI=1S/C21H20FN7OS/c22-16-12-24-21(26-14-5-4-13-6-9-31(30)19(13)10-14)27-20(16)29(8-7-23)18-3-1-2-17-15(18)11-25-28-17/h1-5,10-12H,6-9,23H2,(H,25,28)(H,24,26,27). The predicted molar refractivity (Wildman–Crippen MR) is 119 cm³/mol. The molecule has 4 aromatic rings. The van der Waals surface area contributed by atoms with E-state index >= 15 is 0 Å². The van der Waals surface area contributed by atoms with Crippen molar-refractivity contribution in [3.63, 3.8) is 0 Å². The van der Waals surface area contributed by atoms with Crippen molar-refractivity contribution in [1.82, 2.24) is 20.2 Å². The fraction of sp³-hybridized carbons (Fsp3) is 0.190. The summed E-state index contributed by atoms with van der Waals surface area (Å²) in [6.45, 7) is 0.659. The van der Waals surface area contributed by atoms with Crippen LogP contribution in [0.5, 0.6) is 0 Å². The van der Waals surface area contributed by atoms with E-state index in [1.807, 2.05) is 36.4 Å². The number of rotatable bonds is 6. The molecule has 2 aromatic heterocycles. The number of benzene rings is 2. The van der Waals surface area contributed by atoms with Crippen molar-refractivity contribution in [2.24, 2.45) is 5.73 Å². The zero-order valence-electron chi connectivity index (χ0n) is 16.5. The third kappa shape index (κ3) is 3.64. The molecule has 0 fully saturated rings. The Morgan fingerprint density at radius 2 is 2.16 bits per heavy atom. The zero-order valence-corrected chi connectivity index (χ0v) is 17.3. The van der Waals surface area contributed by atoms with Gasteiger partial charge in [-0.05, 0) is 36.2 Å². The number of aryl methyl sites for hydroxylation is 1. The summed E-state index contributed by atoms with van der Waals surface area (Å²) in [6.07, 6.45) is 3.64. The lowest BCUT2D eigenvalue weighted by Crippen LogP contribution is -2.27. The largest absolute Gasteiger partial charge is 0.329 e. The van der Waals surface area contributed by atoms with Crippen LogP contribution in [0.15, 0.2) is 53.7 Å². The van der Waals surface area contributed by atoms with Crippen molar-refractivity contribution in [2.75, 3.05) is 29.1 Å². The molecule has 8 nitrogen and oxygen atoms in total. The van der Waals surface area contributed by atoms with Gasteiger partial charge in [-0.2, -0.15) is 10.1 Å². The normalized spacial score (nSPS) is 15.2. The van der Waals surface area contributed by atoms with Crippen LogP contribution in [0.25, 0.3) is 10.9 Å². The van der Waals surface area contributed by atoms with Crippen molar-refractivity contribution >= 4 is 44.8 Å². The molecule has 0 saturated heterocycles. The second-order valence-electron chi connectivity index (χ2n) is 7.16. The summed E-state index contributed by atoms with van der Waals surface area (Å²) in [5, 5.41) is 10.9. The van der Waals surface area contributed by atoms with Gasteiger partial charge >= 0.3 is 0 Å². The molecule has 0 bridgehead atoms. The molecule has 158 valence electrons. The molecule has 0 aliphatic carbocycles. The Kier molecular flexibility index (Phi) is 5.08. The van der Waals surface area contributed by atoms with Crippen LogP contribution >= 0.6 is 0 Å². The molecule has 31 heavy (non-hydrogen) atoms. The molecule has 1 aliphatic rings. The van der Waals surface area contributed by atoms with Crippen LogP contribution < -0.4 is 16.0 Å². The molecular formula is C21H20FN7OS. The summed E-state index contributed by atoms with van der Waals surface area (Å²) in [4.78, 5) is 11.1. The van der Waals surface area contributed by atoms with Gasteiger partial charge in [0.1, 0.15) is 0 Å². The highest BCUT2D eigenvalue weighted by Crippen LogP contribution is 2.32. The molecule has 0 saturated carbocycles. The van der Waals surface area contributed by atoms with E-state index in [0.717, 1.165) is 39.7 Å². The summed E-state index contributed by atoms with van der Waals surface area (Å²) in [6, 6.07) is 11.3. The number of H-pyrrole nitrogens is 1. The first kappa shape index (κ1) is 19.6.